The number of rotatable bonds is 2. The molecule has 112 valence electrons. The summed E-state index contributed by atoms with van der Waals surface area (Å²) < 4.78 is 92.2. The van der Waals surface area contributed by atoms with E-state index in [0.717, 1.165) is 24.3 Å². The lowest BCUT2D eigenvalue weighted by Gasteiger charge is -2.10. The monoisotopic (exact) mass is 311 g/mol. The van der Waals surface area contributed by atoms with Crippen molar-refractivity contribution in [2.75, 3.05) is 0 Å². The van der Waals surface area contributed by atoms with E-state index in [-0.39, 0.29) is 5.56 Å². The van der Waals surface area contributed by atoms with Gasteiger partial charge in [-0.2, -0.15) is 13.8 Å². The van der Waals surface area contributed by atoms with Crippen LogP contribution in [-0.2, 0) is 0 Å². The summed E-state index contributed by atoms with van der Waals surface area (Å²) in [6.07, 6.45) is -4.94. The van der Waals surface area contributed by atoms with Gasteiger partial charge in [-0.3, -0.25) is 0 Å². The Kier molecular flexibility index (Phi) is 3.75. The molecule has 0 fully saturated rings. The fraction of sp³-hybridized carbons (Fsp3) is 0.0833. The predicted octanol–water partition coefficient (Wildman–Crippen LogP) is 4.20. The fourth-order valence-electron chi connectivity index (χ4n) is 1.56. The Balaban J connectivity index is 2.45. The van der Waals surface area contributed by atoms with E-state index in [1.54, 1.807) is 0 Å². The van der Waals surface area contributed by atoms with E-state index in [1.807, 2.05) is 0 Å². The summed E-state index contributed by atoms with van der Waals surface area (Å²) in [7, 11) is 0. The predicted molar refractivity (Wildman–Crippen MR) is 56.2 cm³/mol. The SMILES string of the molecule is Fc1nc(F)c(F)c(-c2ccc(OC(F)(F)F)cc2)c1F. The summed E-state index contributed by atoms with van der Waals surface area (Å²) in [5.41, 5.74) is -1.45. The molecule has 0 radical (unpaired) electrons. The van der Waals surface area contributed by atoms with Crippen molar-refractivity contribution in [3.05, 3.63) is 47.8 Å². The fourth-order valence-corrected chi connectivity index (χ4v) is 1.56. The van der Waals surface area contributed by atoms with E-state index in [4.69, 9.17) is 0 Å². The second kappa shape index (κ2) is 5.23. The molecule has 0 saturated carbocycles. The maximum absolute atomic E-state index is 13.4. The molecular weight excluding hydrogens is 307 g/mol. The number of halogens is 7. The van der Waals surface area contributed by atoms with Gasteiger partial charge in [0.2, 0.25) is 0 Å². The summed E-state index contributed by atoms with van der Waals surface area (Å²) in [6, 6.07) is 3.14. The van der Waals surface area contributed by atoms with Gasteiger partial charge in [0.1, 0.15) is 5.75 Å². The third-order valence-electron chi connectivity index (χ3n) is 2.37. The number of hydrogen-bond acceptors (Lipinski definition) is 2. The maximum Gasteiger partial charge on any atom is 0.573 e. The van der Waals surface area contributed by atoms with Gasteiger partial charge in [-0.15, -0.1) is 13.2 Å². The van der Waals surface area contributed by atoms with E-state index in [1.165, 1.54) is 0 Å². The molecule has 0 atom stereocenters. The zero-order valence-electron chi connectivity index (χ0n) is 9.81. The van der Waals surface area contributed by atoms with Crippen molar-refractivity contribution in [1.82, 2.24) is 4.98 Å². The van der Waals surface area contributed by atoms with Crippen molar-refractivity contribution in [2.45, 2.75) is 6.36 Å². The molecule has 21 heavy (non-hydrogen) atoms. The summed E-state index contributed by atoms with van der Waals surface area (Å²) in [6.45, 7) is 0. The third kappa shape index (κ3) is 3.23. The molecule has 0 aliphatic carbocycles. The van der Waals surface area contributed by atoms with Crippen LogP contribution in [0.2, 0.25) is 0 Å². The van der Waals surface area contributed by atoms with Crippen molar-refractivity contribution in [2.24, 2.45) is 0 Å². The Morgan fingerprint density at radius 1 is 0.810 bits per heavy atom. The lowest BCUT2D eigenvalue weighted by Crippen LogP contribution is -2.17. The van der Waals surface area contributed by atoms with Crippen molar-refractivity contribution in [3.63, 3.8) is 0 Å². The van der Waals surface area contributed by atoms with Gasteiger partial charge in [-0.05, 0) is 17.7 Å². The molecule has 2 nitrogen and oxygen atoms in total. The first-order chi connectivity index (χ1) is 9.69. The van der Waals surface area contributed by atoms with E-state index in [9.17, 15) is 30.7 Å². The van der Waals surface area contributed by atoms with E-state index in [0.29, 0.717) is 0 Å². The second-order valence-electron chi connectivity index (χ2n) is 3.77. The molecule has 0 unspecified atom stereocenters. The van der Waals surface area contributed by atoms with Gasteiger partial charge in [-0.1, -0.05) is 12.1 Å². The Morgan fingerprint density at radius 3 is 1.71 bits per heavy atom. The number of ether oxygens (including phenoxy) is 1. The molecule has 0 aliphatic rings. The van der Waals surface area contributed by atoms with Crippen LogP contribution in [0, 0.1) is 23.5 Å². The molecule has 1 aromatic carbocycles. The Bertz CT molecular complexity index is 641. The van der Waals surface area contributed by atoms with Gasteiger partial charge in [0.15, 0.2) is 11.6 Å². The zero-order valence-corrected chi connectivity index (χ0v) is 9.81. The number of nitrogens with zero attached hydrogens (tertiary/aromatic N) is 1. The highest BCUT2D eigenvalue weighted by atomic mass is 19.4. The molecule has 2 rings (SSSR count). The summed E-state index contributed by atoms with van der Waals surface area (Å²) in [4.78, 5) is 2.37. The normalized spacial score (nSPS) is 11.6. The van der Waals surface area contributed by atoms with Crippen LogP contribution in [0.25, 0.3) is 11.1 Å². The van der Waals surface area contributed by atoms with Crippen LogP contribution < -0.4 is 4.74 Å². The molecular formula is C12H4F7NO. The summed E-state index contributed by atoms with van der Waals surface area (Å²) in [5, 5.41) is 0. The molecule has 0 amide bonds. The highest BCUT2D eigenvalue weighted by Crippen LogP contribution is 2.30. The van der Waals surface area contributed by atoms with Crippen LogP contribution in [0.1, 0.15) is 0 Å². The van der Waals surface area contributed by atoms with Crippen LogP contribution in [0.3, 0.4) is 0 Å². The van der Waals surface area contributed by atoms with E-state index >= 15 is 0 Å². The van der Waals surface area contributed by atoms with Crippen molar-refractivity contribution < 1.29 is 35.5 Å². The van der Waals surface area contributed by atoms with E-state index in [2.05, 4.69) is 9.72 Å². The first-order valence-electron chi connectivity index (χ1n) is 5.25. The number of aromatic nitrogens is 1. The molecule has 0 bridgehead atoms. The summed E-state index contributed by atoms with van der Waals surface area (Å²) in [5.74, 6) is -7.88. The largest absolute Gasteiger partial charge is 0.573 e. The van der Waals surface area contributed by atoms with Gasteiger partial charge in [0, 0.05) is 0 Å². The van der Waals surface area contributed by atoms with Crippen molar-refractivity contribution in [3.8, 4) is 16.9 Å². The molecule has 0 spiro atoms. The Morgan fingerprint density at radius 2 is 1.29 bits per heavy atom. The number of hydrogen-bond donors (Lipinski definition) is 0. The highest BCUT2D eigenvalue weighted by Gasteiger charge is 2.31. The molecule has 0 aliphatic heterocycles. The van der Waals surface area contributed by atoms with Crippen LogP contribution in [0.4, 0.5) is 30.7 Å². The minimum Gasteiger partial charge on any atom is -0.406 e. The molecule has 2 aromatic rings. The standard InChI is InChI=1S/C12H4F7NO/c13-8-7(9(14)11(16)20-10(8)15)5-1-3-6(4-2-5)21-12(17,18)19/h1-4H. The van der Waals surface area contributed by atoms with Crippen LogP contribution in [0.5, 0.6) is 5.75 Å². The van der Waals surface area contributed by atoms with Gasteiger partial charge < -0.3 is 4.74 Å². The molecule has 9 heteroatoms. The van der Waals surface area contributed by atoms with Crippen LogP contribution in [-0.4, -0.2) is 11.3 Å². The lowest BCUT2D eigenvalue weighted by molar-refractivity contribution is -0.274. The summed E-state index contributed by atoms with van der Waals surface area (Å²) >= 11 is 0. The van der Waals surface area contributed by atoms with E-state index < -0.39 is 41.2 Å². The molecule has 1 heterocycles. The first kappa shape index (κ1) is 15.1. The minimum atomic E-state index is -4.94. The van der Waals surface area contributed by atoms with Gasteiger partial charge in [0.05, 0.1) is 5.56 Å². The topological polar surface area (TPSA) is 22.1 Å². The number of pyridine rings is 1. The maximum atomic E-state index is 13.4. The van der Waals surface area contributed by atoms with Crippen molar-refractivity contribution >= 4 is 0 Å². The quantitative estimate of drug-likeness (QED) is 0.612. The Labute approximate surface area is 112 Å². The van der Waals surface area contributed by atoms with Gasteiger partial charge in [-0.25, -0.2) is 8.78 Å². The number of benzene rings is 1. The molecule has 1 aromatic heterocycles. The molecule has 0 N–H and O–H groups in total. The highest BCUT2D eigenvalue weighted by molar-refractivity contribution is 5.65. The van der Waals surface area contributed by atoms with Gasteiger partial charge >= 0.3 is 6.36 Å². The average Bonchev–Trinajstić information content (AvgIpc) is 2.37. The molecule has 0 saturated heterocycles. The number of alkyl halides is 3. The second-order valence-corrected chi connectivity index (χ2v) is 3.77. The smallest absolute Gasteiger partial charge is 0.406 e. The lowest BCUT2D eigenvalue weighted by atomic mass is 10.1. The van der Waals surface area contributed by atoms with Gasteiger partial charge in [0.25, 0.3) is 11.9 Å². The van der Waals surface area contributed by atoms with Crippen LogP contribution >= 0.6 is 0 Å². The third-order valence-corrected chi connectivity index (χ3v) is 2.37. The van der Waals surface area contributed by atoms with Crippen molar-refractivity contribution in [1.29, 1.82) is 0 Å². The minimum absolute atomic E-state index is 0.375. The zero-order chi connectivity index (χ0) is 15.8. The first-order valence-corrected chi connectivity index (χ1v) is 5.25. The van der Waals surface area contributed by atoms with Crippen LogP contribution in [0.15, 0.2) is 24.3 Å². The average molecular weight is 311 g/mol. The Hall–Kier alpha value is -2.32.